The molecule has 2 heterocycles. The fourth-order valence-electron chi connectivity index (χ4n) is 3.29. The maximum absolute atomic E-state index is 13.0. The minimum absolute atomic E-state index is 0.0886. The minimum atomic E-state index is -4.51. The van der Waals surface area contributed by atoms with E-state index in [1.54, 1.807) is 6.07 Å². The Kier molecular flexibility index (Phi) is 5.52. The minimum Gasteiger partial charge on any atom is -0.325 e. The fraction of sp³-hybridized carbons (Fsp3) is 0.182. The van der Waals surface area contributed by atoms with Crippen molar-refractivity contribution in [3.63, 3.8) is 0 Å². The van der Waals surface area contributed by atoms with Gasteiger partial charge in [0.25, 0.3) is 5.56 Å². The lowest BCUT2D eigenvalue weighted by molar-refractivity contribution is -0.137. The largest absolute Gasteiger partial charge is 0.416 e. The maximum atomic E-state index is 13.0. The van der Waals surface area contributed by atoms with Crippen molar-refractivity contribution in [2.45, 2.75) is 26.1 Å². The molecule has 0 fully saturated rings. The molecule has 4 rings (SSSR count). The van der Waals surface area contributed by atoms with Gasteiger partial charge in [0, 0.05) is 5.69 Å². The second-order valence-electron chi connectivity index (χ2n) is 7.12. The van der Waals surface area contributed by atoms with Gasteiger partial charge in [-0.15, -0.1) is 0 Å². The molecule has 1 amide bonds. The van der Waals surface area contributed by atoms with Gasteiger partial charge in [0.05, 0.1) is 17.4 Å². The monoisotopic (exact) mass is 441 g/mol. The van der Waals surface area contributed by atoms with E-state index in [1.165, 1.54) is 24.7 Å². The van der Waals surface area contributed by atoms with Crippen LogP contribution in [0.15, 0.2) is 65.8 Å². The highest BCUT2D eigenvalue weighted by Gasteiger charge is 2.30. The van der Waals surface area contributed by atoms with E-state index in [-0.39, 0.29) is 23.3 Å². The third-order valence-corrected chi connectivity index (χ3v) is 4.91. The van der Waals surface area contributed by atoms with Gasteiger partial charge >= 0.3 is 6.18 Å². The van der Waals surface area contributed by atoms with E-state index in [4.69, 9.17) is 0 Å². The summed E-state index contributed by atoms with van der Waals surface area (Å²) in [5.74, 6) is -0.410. The predicted molar refractivity (Wildman–Crippen MR) is 113 cm³/mol. The molecule has 0 aliphatic carbocycles. The highest BCUT2D eigenvalue weighted by molar-refractivity contribution is 5.90. The first-order valence-electron chi connectivity index (χ1n) is 9.76. The number of amides is 1. The molecule has 2 aromatic heterocycles. The summed E-state index contributed by atoms with van der Waals surface area (Å²) in [5, 5.41) is 6.86. The molecule has 7 nitrogen and oxygen atoms in total. The van der Waals surface area contributed by atoms with Crippen molar-refractivity contribution in [1.82, 2.24) is 19.3 Å². The number of carbonyl (C=O) groups excluding carboxylic acids is 1. The van der Waals surface area contributed by atoms with E-state index in [2.05, 4.69) is 15.4 Å². The second-order valence-corrected chi connectivity index (χ2v) is 7.12. The summed E-state index contributed by atoms with van der Waals surface area (Å²) in [6.07, 6.45) is -1.29. The molecule has 0 radical (unpaired) electrons. The molecular formula is C22H18F3N5O2. The number of anilines is 1. The highest BCUT2D eigenvalue weighted by atomic mass is 19.4. The lowest BCUT2D eigenvalue weighted by Crippen LogP contribution is -2.27. The third-order valence-electron chi connectivity index (χ3n) is 4.91. The van der Waals surface area contributed by atoms with Crippen molar-refractivity contribution in [2.75, 3.05) is 5.32 Å². The molecule has 0 bridgehead atoms. The number of carbonyl (C=O) groups is 1. The molecule has 0 saturated carbocycles. The molecule has 32 heavy (non-hydrogen) atoms. The Morgan fingerprint density at radius 1 is 1.12 bits per heavy atom. The van der Waals surface area contributed by atoms with Crippen LogP contribution in [-0.2, 0) is 23.9 Å². The van der Waals surface area contributed by atoms with Crippen LogP contribution < -0.4 is 10.9 Å². The van der Waals surface area contributed by atoms with Crippen molar-refractivity contribution in [2.24, 2.45) is 0 Å². The molecule has 0 aliphatic heterocycles. The summed E-state index contributed by atoms with van der Waals surface area (Å²) in [6, 6.07) is 11.9. The Hall–Kier alpha value is -3.95. The summed E-state index contributed by atoms with van der Waals surface area (Å²) < 4.78 is 41.4. The molecule has 2 aromatic carbocycles. The van der Waals surface area contributed by atoms with E-state index in [9.17, 15) is 22.8 Å². The molecule has 0 saturated heterocycles. The van der Waals surface area contributed by atoms with Crippen LogP contribution in [0.5, 0.6) is 0 Å². The SMILES string of the molecule is CCc1cccc(NC(=O)Cn2cnc3c(cnn3-c3cccc(C(F)(F)F)c3)c2=O)c1. The van der Waals surface area contributed by atoms with E-state index in [0.717, 1.165) is 33.4 Å². The fourth-order valence-corrected chi connectivity index (χ4v) is 3.29. The van der Waals surface area contributed by atoms with Gasteiger partial charge in [0.1, 0.15) is 18.3 Å². The van der Waals surface area contributed by atoms with Gasteiger partial charge in [-0.05, 0) is 42.3 Å². The van der Waals surface area contributed by atoms with Crippen LogP contribution in [0.4, 0.5) is 18.9 Å². The van der Waals surface area contributed by atoms with Crippen LogP contribution >= 0.6 is 0 Å². The molecule has 164 valence electrons. The second kappa shape index (κ2) is 8.29. The zero-order valence-corrected chi connectivity index (χ0v) is 16.9. The smallest absolute Gasteiger partial charge is 0.325 e. The molecule has 0 spiro atoms. The average molecular weight is 441 g/mol. The van der Waals surface area contributed by atoms with Gasteiger partial charge in [0.2, 0.25) is 5.91 Å². The average Bonchev–Trinajstić information content (AvgIpc) is 3.20. The van der Waals surface area contributed by atoms with Crippen LogP contribution in [0.1, 0.15) is 18.1 Å². The van der Waals surface area contributed by atoms with Gasteiger partial charge in [-0.2, -0.15) is 18.3 Å². The maximum Gasteiger partial charge on any atom is 0.416 e. The van der Waals surface area contributed by atoms with E-state index < -0.39 is 23.2 Å². The van der Waals surface area contributed by atoms with E-state index >= 15 is 0 Å². The van der Waals surface area contributed by atoms with Crippen LogP contribution in [0, 0.1) is 0 Å². The summed E-state index contributed by atoms with van der Waals surface area (Å²) in [7, 11) is 0. The van der Waals surface area contributed by atoms with Gasteiger partial charge in [-0.1, -0.05) is 25.1 Å². The standard InChI is InChI=1S/C22H18F3N5O2/c1-2-14-5-3-7-16(9-14)28-19(31)12-29-13-26-20-18(21(29)32)11-27-30(20)17-8-4-6-15(10-17)22(23,24)25/h3-11,13H,2,12H2,1H3,(H,28,31). The number of aromatic nitrogens is 4. The normalized spacial score (nSPS) is 11.6. The van der Waals surface area contributed by atoms with Crippen LogP contribution in [0.2, 0.25) is 0 Å². The van der Waals surface area contributed by atoms with Crippen molar-refractivity contribution in [3.05, 3.63) is 82.5 Å². The quantitative estimate of drug-likeness (QED) is 0.511. The Morgan fingerprint density at radius 2 is 1.91 bits per heavy atom. The van der Waals surface area contributed by atoms with Crippen LogP contribution in [0.3, 0.4) is 0 Å². The zero-order valence-electron chi connectivity index (χ0n) is 16.9. The number of fused-ring (bicyclic) bond motifs is 1. The summed E-state index contributed by atoms with van der Waals surface area (Å²) in [5.41, 5.74) is 0.537. The number of hydrogen-bond acceptors (Lipinski definition) is 4. The predicted octanol–water partition coefficient (Wildman–Crippen LogP) is 3.80. The molecule has 4 aromatic rings. The number of hydrogen-bond donors (Lipinski definition) is 1. The molecule has 10 heteroatoms. The number of benzene rings is 2. The van der Waals surface area contributed by atoms with Gasteiger partial charge in [-0.25, -0.2) is 9.67 Å². The number of nitrogens with one attached hydrogen (secondary N) is 1. The number of aryl methyl sites for hydroxylation is 1. The molecule has 0 atom stereocenters. The van der Waals surface area contributed by atoms with Crippen LogP contribution in [-0.4, -0.2) is 25.2 Å². The molecule has 0 unspecified atom stereocenters. The van der Waals surface area contributed by atoms with Gasteiger partial charge in [0.15, 0.2) is 5.65 Å². The number of nitrogens with zero attached hydrogens (tertiary/aromatic N) is 4. The zero-order chi connectivity index (χ0) is 22.9. The molecule has 1 N–H and O–H groups in total. The van der Waals surface area contributed by atoms with E-state index in [0.29, 0.717) is 5.69 Å². The van der Waals surface area contributed by atoms with E-state index in [1.807, 2.05) is 25.1 Å². The lowest BCUT2D eigenvalue weighted by Gasteiger charge is -2.10. The Balaban J connectivity index is 1.61. The van der Waals surface area contributed by atoms with Crippen molar-refractivity contribution >= 4 is 22.6 Å². The Bertz CT molecular complexity index is 1360. The Morgan fingerprint density at radius 3 is 2.66 bits per heavy atom. The summed E-state index contributed by atoms with van der Waals surface area (Å²) >= 11 is 0. The van der Waals surface area contributed by atoms with Crippen molar-refractivity contribution in [3.8, 4) is 5.69 Å². The van der Waals surface area contributed by atoms with Gasteiger partial charge < -0.3 is 5.32 Å². The van der Waals surface area contributed by atoms with Gasteiger partial charge in [-0.3, -0.25) is 14.2 Å². The summed E-state index contributed by atoms with van der Waals surface area (Å²) in [4.78, 5) is 29.4. The third kappa shape index (κ3) is 4.25. The first-order chi connectivity index (χ1) is 15.3. The highest BCUT2D eigenvalue weighted by Crippen LogP contribution is 2.30. The topological polar surface area (TPSA) is 81.8 Å². The lowest BCUT2D eigenvalue weighted by atomic mass is 10.1. The molecule has 0 aliphatic rings. The number of rotatable bonds is 5. The van der Waals surface area contributed by atoms with Crippen LogP contribution in [0.25, 0.3) is 16.7 Å². The Labute approximate surface area is 180 Å². The first kappa shape index (κ1) is 21.3. The molecular weight excluding hydrogens is 423 g/mol. The van der Waals surface area contributed by atoms with Crippen molar-refractivity contribution in [1.29, 1.82) is 0 Å². The first-order valence-corrected chi connectivity index (χ1v) is 9.76. The number of alkyl halides is 3. The number of halogens is 3. The summed E-state index contributed by atoms with van der Waals surface area (Å²) in [6.45, 7) is 1.73. The van der Waals surface area contributed by atoms with Crippen molar-refractivity contribution < 1.29 is 18.0 Å².